The average molecular weight is 485 g/mol. The van der Waals surface area contributed by atoms with E-state index in [9.17, 15) is 18.6 Å². The molecule has 0 aromatic heterocycles. The lowest BCUT2D eigenvalue weighted by Crippen LogP contribution is -2.01. The van der Waals surface area contributed by atoms with Crippen LogP contribution in [-0.4, -0.2) is 31.1 Å². The predicted octanol–water partition coefficient (Wildman–Crippen LogP) is 6.05. The van der Waals surface area contributed by atoms with E-state index in [0.717, 1.165) is 11.1 Å². The highest BCUT2D eigenvalue weighted by Gasteiger charge is 2.17. The van der Waals surface area contributed by atoms with E-state index in [1.54, 1.807) is 48.5 Å². The summed E-state index contributed by atoms with van der Waals surface area (Å²) in [5.41, 5.74) is 4.17. The van der Waals surface area contributed by atoms with Crippen LogP contribution in [0.5, 0.6) is 11.5 Å². The summed E-state index contributed by atoms with van der Waals surface area (Å²) in [5.74, 6) is 0.271. The molecule has 176 valence electrons. The van der Waals surface area contributed by atoms with E-state index in [-0.39, 0.29) is 21.3 Å². The largest absolute Gasteiger partial charge is 0.507 e. The molecular formula is C28H24N2O4S. The van der Waals surface area contributed by atoms with Crippen LogP contribution in [0, 0.1) is 13.8 Å². The molecule has 4 aromatic carbocycles. The fourth-order valence-electron chi connectivity index (χ4n) is 3.37. The molecule has 0 saturated heterocycles. The first kappa shape index (κ1) is 23.9. The molecule has 0 bridgehead atoms. The summed E-state index contributed by atoms with van der Waals surface area (Å²) in [7, 11) is -3.71. The number of benzene rings is 4. The van der Waals surface area contributed by atoms with Crippen LogP contribution in [0.15, 0.2) is 105 Å². The van der Waals surface area contributed by atoms with E-state index in [1.807, 2.05) is 26.0 Å². The molecule has 6 nitrogen and oxygen atoms in total. The van der Waals surface area contributed by atoms with Crippen LogP contribution in [0.4, 0.5) is 11.4 Å². The predicted molar refractivity (Wildman–Crippen MR) is 139 cm³/mol. The van der Waals surface area contributed by atoms with Crippen molar-refractivity contribution in [2.75, 3.05) is 0 Å². The molecule has 0 unspecified atom stereocenters. The van der Waals surface area contributed by atoms with Gasteiger partial charge in [-0.05, 0) is 97.8 Å². The maximum Gasteiger partial charge on any atom is 0.206 e. The van der Waals surface area contributed by atoms with E-state index >= 15 is 0 Å². The third-order valence-corrected chi connectivity index (χ3v) is 7.16. The van der Waals surface area contributed by atoms with Gasteiger partial charge in [0.05, 0.1) is 21.2 Å². The third-order valence-electron chi connectivity index (χ3n) is 5.37. The van der Waals surface area contributed by atoms with Crippen LogP contribution >= 0.6 is 0 Å². The molecule has 4 rings (SSSR count). The van der Waals surface area contributed by atoms with Gasteiger partial charge in [0.2, 0.25) is 9.84 Å². The molecule has 0 atom stereocenters. The van der Waals surface area contributed by atoms with Crippen LogP contribution in [0.1, 0.15) is 22.3 Å². The Balaban J connectivity index is 1.49. The Morgan fingerprint density at radius 2 is 0.971 bits per heavy atom. The van der Waals surface area contributed by atoms with Crippen molar-refractivity contribution in [3.05, 3.63) is 107 Å². The van der Waals surface area contributed by atoms with Crippen molar-refractivity contribution in [3.8, 4) is 11.5 Å². The second kappa shape index (κ2) is 9.95. The number of nitrogens with zero attached hydrogens (tertiary/aromatic N) is 2. The SMILES string of the molecule is Cc1ccc(C=Nc2ccc(S(=O)(=O)c3ccc(N=Cc4ccc(C)cc4O)cc3)cc2)c(O)c1. The molecule has 2 N–H and O–H groups in total. The summed E-state index contributed by atoms with van der Waals surface area (Å²) >= 11 is 0. The lowest BCUT2D eigenvalue weighted by atomic mass is 10.1. The average Bonchev–Trinajstić information content (AvgIpc) is 2.83. The summed E-state index contributed by atoms with van der Waals surface area (Å²) in [5, 5.41) is 20.0. The number of aliphatic imine (C=N–C) groups is 2. The number of phenols is 2. The van der Waals surface area contributed by atoms with Gasteiger partial charge in [-0.1, -0.05) is 12.1 Å². The number of phenolic OH excluding ortho intramolecular Hbond substituents is 2. The number of rotatable bonds is 6. The smallest absolute Gasteiger partial charge is 0.206 e. The normalized spacial score (nSPS) is 11.9. The van der Waals surface area contributed by atoms with E-state index in [4.69, 9.17) is 0 Å². The Kier molecular flexibility index (Phi) is 6.80. The van der Waals surface area contributed by atoms with Crippen molar-refractivity contribution < 1.29 is 18.6 Å². The number of sulfone groups is 1. The standard InChI is InChI=1S/C28H24N2O4S/c1-19-3-5-21(27(31)15-19)17-29-23-7-11-25(12-8-23)35(33,34)26-13-9-24(10-14-26)30-18-22-6-4-20(2)16-28(22)32/h3-18,31-32H,1-2H3. The Bertz CT molecular complexity index is 1410. The molecule has 4 aromatic rings. The first-order valence-corrected chi connectivity index (χ1v) is 12.3. The van der Waals surface area contributed by atoms with Crippen LogP contribution in [0.3, 0.4) is 0 Å². The van der Waals surface area contributed by atoms with Crippen molar-refractivity contribution in [3.63, 3.8) is 0 Å². The second-order valence-electron chi connectivity index (χ2n) is 8.13. The van der Waals surface area contributed by atoms with Crippen LogP contribution in [0.25, 0.3) is 0 Å². The van der Waals surface area contributed by atoms with Crippen LogP contribution in [-0.2, 0) is 9.84 Å². The molecule has 0 fully saturated rings. The third kappa shape index (κ3) is 5.65. The van der Waals surface area contributed by atoms with Crippen molar-refractivity contribution in [2.45, 2.75) is 23.6 Å². The van der Waals surface area contributed by atoms with Gasteiger partial charge in [-0.3, -0.25) is 9.98 Å². The zero-order valence-electron chi connectivity index (χ0n) is 19.3. The van der Waals surface area contributed by atoms with Crippen LogP contribution in [0.2, 0.25) is 0 Å². The maximum absolute atomic E-state index is 13.0. The van der Waals surface area contributed by atoms with Gasteiger partial charge in [-0.2, -0.15) is 0 Å². The Morgan fingerprint density at radius 3 is 1.31 bits per heavy atom. The van der Waals surface area contributed by atoms with Crippen molar-refractivity contribution in [1.82, 2.24) is 0 Å². The fourth-order valence-corrected chi connectivity index (χ4v) is 4.63. The van der Waals surface area contributed by atoms with Gasteiger partial charge in [-0.25, -0.2) is 8.42 Å². The van der Waals surface area contributed by atoms with Gasteiger partial charge in [0.1, 0.15) is 11.5 Å². The van der Waals surface area contributed by atoms with E-state index in [1.165, 1.54) is 36.7 Å². The second-order valence-corrected chi connectivity index (χ2v) is 10.1. The number of aryl methyl sites for hydroxylation is 2. The zero-order valence-corrected chi connectivity index (χ0v) is 20.1. The molecule has 0 radical (unpaired) electrons. The summed E-state index contributed by atoms with van der Waals surface area (Å²) in [6.07, 6.45) is 3.07. The Hall–Kier alpha value is -4.23. The van der Waals surface area contributed by atoms with Gasteiger partial charge >= 0.3 is 0 Å². The summed E-state index contributed by atoms with van der Waals surface area (Å²) < 4.78 is 26.1. The van der Waals surface area contributed by atoms with Gasteiger partial charge < -0.3 is 10.2 Å². The molecule has 7 heteroatoms. The molecule has 0 aliphatic rings. The fraction of sp³-hybridized carbons (Fsp3) is 0.0714. The van der Waals surface area contributed by atoms with E-state index < -0.39 is 9.84 Å². The van der Waals surface area contributed by atoms with E-state index in [0.29, 0.717) is 22.5 Å². The Labute approximate surface area is 204 Å². The highest BCUT2D eigenvalue weighted by atomic mass is 32.2. The monoisotopic (exact) mass is 484 g/mol. The summed E-state index contributed by atoms with van der Waals surface area (Å²) in [6.45, 7) is 3.77. The van der Waals surface area contributed by atoms with E-state index in [2.05, 4.69) is 9.98 Å². The number of hydrogen-bond donors (Lipinski definition) is 2. The molecule has 0 amide bonds. The first-order chi connectivity index (χ1) is 16.7. The number of hydrogen-bond acceptors (Lipinski definition) is 6. The maximum atomic E-state index is 13.0. The van der Waals surface area contributed by atoms with Crippen molar-refractivity contribution >= 4 is 33.6 Å². The molecule has 0 heterocycles. The summed E-state index contributed by atoms with van der Waals surface area (Å²) in [4.78, 5) is 8.93. The molecular weight excluding hydrogens is 460 g/mol. The van der Waals surface area contributed by atoms with Crippen molar-refractivity contribution in [1.29, 1.82) is 0 Å². The Morgan fingerprint density at radius 1 is 0.600 bits per heavy atom. The molecule has 35 heavy (non-hydrogen) atoms. The quantitative estimate of drug-likeness (QED) is 0.326. The minimum absolute atomic E-state index is 0.136. The highest BCUT2D eigenvalue weighted by molar-refractivity contribution is 7.91. The van der Waals surface area contributed by atoms with Crippen molar-refractivity contribution in [2.24, 2.45) is 9.98 Å². The van der Waals surface area contributed by atoms with Gasteiger partial charge in [0, 0.05) is 23.6 Å². The molecule has 0 aliphatic carbocycles. The minimum atomic E-state index is -3.71. The number of aromatic hydroxyl groups is 2. The highest BCUT2D eigenvalue weighted by Crippen LogP contribution is 2.26. The minimum Gasteiger partial charge on any atom is -0.507 e. The lowest BCUT2D eigenvalue weighted by Gasteiger charge is -2.06. The van der Waals surface area contributed by atoms with Gasteiger partial charge in [0.25, 0.3) is 0 Å². The molecule has 0 spiro atoms. The zero-order chi connectivity index (χ0) is 25.0. The van der Waals surface area contributed by atoms with Gasteiger partial charge in [0.15, 0.2) is 0 Å². The topological polar surface area (TPSA) is 99.3 Å². The summed E-state index contributed by atoms with van der Waals surface area (Å²) in [6, 6.07) is 23.1. The molecule has 0 saturated carbocycles. The first-order valence-electron chi connectivity index (χ1n) is 10.8. The van der Waals surface area contributed by atoms with Gasteiger partial charge in [-0.15, -0.1) is 0 Å². The lowest BCUT2D eigenvalue weighted by molar-refractivity contribution is 0.473. The van der Waals surface area contributed by atoms with Crippen LogP contribution < -0.4 is 0 Å². The molecule has 0 aliphatic heterocycles.